The van der Waals surface area contributed by atoms with Crippen LogP contribution >= 0.6 is 0 Å². The molecule has 3 heterocycles. The van der Waals surface area contributed by atoms with Crippen LogP contribution in [0, 0.1) is 5.41 Å². The Hall–Kier alpha value is -2.70. The van der Waals surface area contributed by atoms with Crippen molar-refractivity contribution >= 4 is 11.8 Å². The second-order valence-corrected chi connectivity index (χ2v) is 9.52. The van der Waals surface area contributed by atoms with Gasteiger partial charge in [-0.3, -0.25) is 9.59 Å². The highest BCUT2D eigenvalue weighted by molar-refractivity contribution is 5.91. The molecule has 1 aromatic carbocycles. The average molecular weight is 422 g/mol. The number of carbonyl (C=O) groups is 2. The van der Waals surface area contributed by atoms with Crippen molar-refractivity contribution < 1.29 is 9.59 Å². The summed E-state index contributed by atoms with van der Waals surface area (Å²) in [5.74, 6) is 1.48. The van der Waals surface area contributed by atoms with Gasteiger partial charge in [-0.25, -0.2) is 0 Å². The van der Waals surface area contributed by atoms with Crippen molar-refractivity contribution in [2.45, 2.75) is 70.4 Å². The lowest BCUT2D eigenvalue weighted by Crippen LogP contribution is -2.35. The fraction of sp³-hybridized carbons (Fsp3) is 0.583. The minimum absolute atomic E-state index is 0.0901. The number of amides is 2. The molecule has 0 radical (unpaired) electrons. The Morgan fingerprint density at radius 1 is 1.03 bits per heavy atom. The highest BCUT2D eigenvalue weighted by atomic mass is 16.2. The summed E-state index contributed by atoms with van der Waals surface area (Å²) in [5, 5.41) is 11.7. The van der Waals surface area contributed by atoms with Gasteiger partial charge in [-0.2, -0.15) is 0 Å². The average Bonchev–Trinajstić information content (AvgIpc) is 3.50. The third-order valence-electron chi connectivity index (χ3n) is 7.45. The molecular weight excluding hydrogens is 390 g/mol. The molecule has 1 atom stereocenters. The van der Waals surface area contributed by atoms with Gasteiger partial charge in [-0.15, -0.1) is 10.2 Å². The van der Waals surface area contributed by atoms with E-state index in [0.717, 1.165) is 69.5 Å². The van der Waals surface area contributed by atoms with E-state index >= 15 is 0 Å². The first-order valence-corrected chi connectivity index (χ1v) is 11.7. The molecule has 2 amide bonds. The first-order chi connectivity index (χ1) is 15.1. The molecule has 1 aliphatic carbocycles. The molecule has 1 aromatic heterocycles. The number of likely N-dealkylation sites (tertiary alicyclic amines) is 1. The first kappa shape index (κ1) is 20.2. The van der Waals surface area contributed by atoms with Gasteiger partial charge in [-0.05, 0) is 43.1 Å². The van der Waals surface area contributed by atoms with E-state index in [-0.39, 0.29) is 23.3 Å². The predicted molar refractivity (Wildman–Crippen MR) is 116 cm³/mol. The Balaban J connectivity index is 1.22. The van der Waals surface area contributed by atoms with Gasteiger partial charge < -0.3 is 14.8 Å². The molecule has 0 unspecified atom stereocenters. The van der Waals surface area contributed by atoms with E-state index in [2.05, 4.69) is 15.5 Å². The largest absolute Gasteiger partial charge is 0.347 e. The first-order valence-electron chi connectivity index (χ1n) is 11.7. The van der Waals surface area contributed by atoms with Crippen molar-refractivity contribution in [1.82, 2.24) is 25.0 Å². The highest BCUT2D eigenvalue weighted by Crippen LogP contribution is 2.41. The van der Waals surface area contributed by atoms with Crippen LogP contribution in [0.1, 0.15) is 67.0 Å². The topological polar surface area (TPSA) is 80.1 Å². The zero-order chi connectivity index (χ0) is 21.3. The molecule has 1 spiro atoms. The minimum Gasteiger partial charge on any atom is -0.347 e. The molecule has 2 aromatic rings. The fourth-order valence-corrected chi connectivity index (χ4v) is 5.53. The molecule has 2 fully saturated rings. The number of nitrogens with one attached hydrogen (secondary N) is 1. The summed E-state index contributed by atoms with van der Waals surface area (Å²) in [7, 11) is 0. The van der Waals surface area contributed by atoms with E-state index in [4.69, 9.17) is 0 Å². The van der Waals surface area contributed by atoms with Crippen LogP contribution in [0.15, 0.2) is 30.3 Å². The van der Waals surface area contributed by atoms with E-state index in [9.17, 15) is 9.59 Å². The van der Waals surface area contributed by atoms with Crippen LogP contribution in [0.3, 0.4) is 0 Å². The van der Waals surface area contributed by atoms with Crippen molar-refractivity contribution in [1.29, 1.82) is 0 Å². The Morgan fingerprint density at radius 3 is 2.61 bits per heavy atom. The lowest BCUT2D eigenvalue weighted by atomic mass is 9.80. The molecule has 0 bridgehead atoms. The summed E-state index contributed by atoms with van der Waals surface area (Å²) in [6, 6.07) is 10.2. The van der Waals surface area contributed by atoms with E-state index in [0.29, 0.717) is 12.2 Å². The third kappa shape index (κ3) is 4.23. The number of benzene rings is 1. The highest BCUT2D eigenvalue weighted by Gasteiger charge is 2.41. The number of aryl methyl sites for hydroxylation is 1. The molecule has 1 saturated carbocycles. The maximum atomic E-state index is 12.8. The Labute approximate surface area is 183 Å². The van der Waals surface area contributed by atoms with Crippen LogP contribution in [-0.4, -0.2) is 50.6 Å². The van der Waals surface area contributed by atoms with Crippen molar-refractivity contribution in [3.8, 4) is 0 Å². The number of nitrogens with zero attached hydrogens (tertiary/aromatic N) is 4. The summed E-state index contributed by atoms with van der Waals surface area (Å²) < 4.78 is 2.02. The second kappa shape index (κ2) is 8.44. The second-order valence-electron chi connectivity index (χ2n) is 9.52. The van der Waals surface area contributed by atoms with E-state index in [1.54, 1.807) is 0 Å². The van der Waals surface area contributed by atoms with E-state index < -0.39 is 0 Å². The van der Waals surface area contributed by atoms with E-state index in [1.165, 1.54) is 12.8 Å². The normalized spacial score (nSPS) is 23.7. The summed E-state index contributed by atoms with van der Waals surface area (Å²) in [4.78, 5) is 27.7. The predicted octanol–water partition coefficient (Wildman–Crippen LogP) is 2.75. The quantitative estimate of drug-likeness (QED) is 0.823. The van der Waals surface area contributed by atoms with Gasteiger partial charge in [0.05, 0.1) is 6.42 Å². The van der Waals surface area contributed by atoms with Crippen LogP contribution in [0.4, 0.5) is 0 Å². The van der Waals surface area contributed by atoms with Gasteiger partial charge in [0.1, 0.15) is 5.82 Å². The molecule has 1 saturated heterocycles. The molecule has 3 aliphatic rings. The molecule has 5 rings (SSSR count). The van der Waals surface area contributed by atoms with Gasteiger partial charge in [0.2, 0.25) is 11.7 Å². The minimum atomic E-state index is -0.0901. The smallest absolute Gasteiger partial charge is 0.289 e. The van der Waals surface area contributed by atoms with Crippen LogP contribution in [0.5, 0.6) is 0 Å². The summed E-state index contributed by atoms with van der Waals surface area (Å²) in [5.41, 5.74) is 1.19. The van der Waals surface area contributed by atoms with Crippen molar-refractivity contribution in [3.63, 3.8) is 0 Å². The number of carbonyl (C=O) groups excluding carboxylic acids is 2. The van der Waals surface area contributed by atoms with E-state index in [1.807, 2.05) is 39.8 Å². The fourth-order valence-electron chi connectivity index (χ4n) is 5.53. The zero-order valence-electron chi connectivity index (χ0n) is 18.1. The molecule has 7 heteroatoms. The third-order valence-corrected chi connectivity index (χ3v) is 7.45. The number of aromatic nitrogens is 3. The standard InChI is InChI=1S/C24H31N5O2/c30-21(16-18-6-2-1-3-7-18)28-14-12-24(17-28)11-10-20-26-27-22(29(20)15-13-24)23(31)25-19-8-4-5-9-19/h1-3,6-7,19H,4-5,8-17H2,(H,25,31)/t24-/m0/s1. The Bertz CT molecular complexity index is 950. The summed E-state index contributed by atoms with van der Waals surface area (Å²) in [6.07, 6.45) is 8.73. The van der Waals surface area contributed by atoms with Gasteiger partial charge >= 0.3 is 0 Å². The van der Waals surface area contributed by atoms with Crippen LogP contribution < -0.4 is 5.32 Å². The monoisotopic (exact) mass is 421 g/mol. The van der Waals surface area contributed by atoms with Crippen molar-refractivity contribution in [2.75, 3.05) is 13.1 Å². The maximum Gasteiger partial charge on any atom is 0.289 e. The lowest BCUT2D eigenvalue weighted by molar-refractivity contribution is -0.129. The summed E-state index contributed by atoms with van der Waals surface area (Å²) in [6.45, 7) is 2.37. The van der Waals surface area contributed by atoms with Gasteiger partial charge in [0, 0.05) is 32.1 Å². The Kier molecular flexibility index (Phi) is 5.50. The van der Waals surface area contributed by atoms with Crippen LogP contribution in [-0.2, 0) is 24.2 Å². The molecule has 1 N–H and O–H groups in total. The molecule has 2 aliphatic heterocycles. The molecule has 7 nitrogen and oxygen atoms in total. The van der Waals surface area contributed by atoms with Crippen molar-refractivity contribution in [3.05, 3.63) is 47.5 Å². The molecule has 31 heavy (non-hydrogen) atoms. The van der Waals surface area contributed by atoms with Gasteiger partial charge in [0.25, 0.3) is 5.91 Å². The molecular formula is C24H31N5O2. The lowest BCUT2D eigenvalue weighted by Gasteiger charge is -2.27. The zero-order valence-corrected chi connectivity index (χ0v) is 18.1. The summed E-state index contributed by atoms with van der Waals surface area (Å²) >= 11 is 0. The number of fused-ring (bicyclic) bond motifs is 1. The number of hydrogen-bond acceptors (Lipinski definition) is 4. The number of hydrogen-bond donors (Lipinski definition) is 1. The van der Waals surface area contributed by atoms with Crippen LogP contribution in [0.25, 0.3) is 0 Å². The molecule has 164 valence electrons. The van der Waals surface area contributed by atoms with Crippen LogP contribution in [0.2, 0.25) is 0 Å². The van der Waals surface area contributed by atoms with Gasteiger partial charge in [-0.1, -0.05) is 43.2 Å². The SMILES string of the molecule is O=C(NC1CCCC1)c1nnc2n1CC[C@]1(CC2)CCN(C(=O)Cc2ccccc2)C1. The maximum absolute atomic E-state index is 12.8. The van der Waals surface area contributed by atoms with Gasteiger partial charge in [0.15, 0.2) is 0 Å². The Morgan fingerprint density at radius 2 is 1.81 bits per heavy atom. The van der Waals surface area contributed by atoms with Crippen molar-refractivity contribution in [2.24, 2.45) is 5.41 Å². The number of rotatable bonds is 4.